The molecule has 0 aromatic heterocycles. The highest BCUT2D eigenvalue weighted by Gasteiger charge is 2.19. The van der Waals surface area contributed by atoms with Gasteiger partial charge < -0.3 is 5.32 Å². The predicted octanol–water partition coefficient (Wildman–Crippen LogP) is 6.27. The number of carbonyl (C=O) groups is 1. The van der Waals surface area contributed by atoms with Gasteiger partial charge in [0.25, 0.3) is 10.0 Å². The molecule has 0 spiro atoms. The molecule has 2 N–H and O–H groups in total. The van der Waals surface area contributed by atoms with Crippen LogP contribution in [0.4, 0.5) is 11.4 Å². The van der Waals surface area contributed by atoms with E-state index in [1.807, 2.05) is 45.0 Å². The van der Waals surface area contributed by atoms with Gasteiger partial charge in [-0.15, -0.1) is 11.8 Å². The Morgan fingerprint density at radius 1 is 1.00 bits per heavy atom. The van der Waals surface area contributed by atoms with Crippen LogP contribution in [0.1, 0.15) is 24.5 Å². The lowest BCUT2D eigenvalue weighted by Crippen LogP contribution is -2.24. The van der Waals surface area contributed by atoms with Crippen LogP contribution in [0, 0.1) is 13.8 Å². The Bertz CT molecular complexity index is 1190. The zero-order valence-corrected chi connectivity index (χ0v) is 20.4. The first-order valence-corrected chi connectivity index (χ1v) is 12.9. The van der Waals surface area contributed by atoms with Crippen molar-refractivity contribution in [2.75, 3.05) is 10.0 Å². The summed E-state index contributed by atoms with van der Waals surface area (Å²) in [7, 11) is -3.74. The molecule has 1 atom stereocenters. The van der Waals surface area contributed by atoms with E-state index in [1.54, 1.807) is 30.3 Å². The van der Waals surface area contributed by atoms with Crippen molar-refractivity contribution < 1.29 is 13.2 Å². The molecule has 5 nitrogen and oxygen atoms in total. The average molecular weight is 489 g/mol. The number of hydrogen-bond donors (Lipinski definition) is 2. The maximum atomic E-state index is 12.7. The summed E-state index contributed by atoms with van der Waals surface area (Å²) < 4.78 is 28.1. The standard InChI is InChI=1S/C24H25ClN2O3S2/c1-4-23(31-20-10-6-18(25)7-11-20)24(28)26-19-8-12-21(13-9-19)32(29,30)27-22-14-5-16(2)15-17(22)3/h5-15,23,27H,4H2,1-3H3,(H,26,28)/t23-/m0/s1. The first-order valence-electron chi connectivity index (χ1n) is 10.1. The van der Waals surface area contributed by atoms with Crippen molar-refractivity contribution in [3.8, 4) is 0 Å². The Morgan fingerprint density at radius 3 is 2.25 bits per heavy atom. The number of hydrogen-bond acceptors (Lipinski definition) is 4. The number of aryl methyl sites for hydroxylation is 2. The third-order valence-corrected chi connectivity index (χ3v) is 7.82. The lowest BCUT2D eigenvalue weighted by Gasteiger charge is -2.15. The van der Waals surface area contributed by atoms with Gasteiger partial charge >= 0.3 is 0 Å². The molecule has 8 heteroatoms. The van der Waals surface area contributed by atoms with Gasteiger partial charge in [0.1, 0.15) is 0 Å². The zero-order chi connectivity index (χ0) is 23.3. The molecule has 3 rings (SSSR count). The number of halogens is 1. The van der Waals surface area contributed by atoms with E-state index in [0.717, 1.165) is 16.0 Å². The fourth-order valence-corrected chi connectivity index (χ4v) is 5.28. The van der Waals surface area contributed by atoms with E-state index >= 15 is 0 Å². The molecular weight excluding hydrogens is 464 g/mol. The van der Waals surface area contributed by atoms with Gasteiger partial charge in [0.2, 0.25) is 5.91 Å². The van der Waals surface area contributed by atoms with Gasteiger partial charge in [0.15, 0.2) is 0 Å². The number of anilines is 2. The van der Waals surface area contributed by atoms with E-state index in [9.17, 15) is 13.2 Å². The third kappa shape index (κ3) is 6.28. The second kappa shape index (κ2) is 10.4. The summed E-state index contributed by atoms with van der Waals surface area (Å²) in [6.45, 7) is 5.76. The van der Waals surface area contributed by atoms with Crippen molar-refractivity contribution in [2.45, 2.75) is 42.2 Å². The largest absolute Gasteiger partial charge is 0.325 e. The summed E-state index contributed by atoms with van der Waals surface area (Å²) in [5.41, 5.74) is 2.99. The molecule has 0 aliphatic rings. The molecule has 0 unspecified atom stereocenters. The van der Waals surface area contributed by atoms with Crippen LogP contribution in [0.25, 0.3) is 0 Å². The van der Waals surface area contributed by atoms with Gasteiger partial charge in [-0.25, -0.2) is 8.42 Å². The molecule has 0 saturated heterocycles. The van der Waals surface area contributed by atoms with Crippen molar-refractivity contribution in [1.29, 1.82) is 0 Å². The Kier molecular flexibility index (Phi) is 7.87. The van der Waals surface area contributed by atoms with Crippen LogP contribution in [0.5, 0.6) is 0 Å². The molecule has 0 radical (unpaired) electrons. The third-order valence-electron chi connectivity index (χ3n) is 4.81. The number of amides is 1. The van der Waals surface area contributed by atoms with E-state index in [0.29, 0.717) is 22.8 Å². The summed E-state index contributed by atoms with van der Waals surface area (Å²) in [5.74, 6) is -0.142. The van der Waals surface area contributed by atoms with Crippen molar-refractivity contribution in [3.05, 3.63) is 82.9 Å². The number of rotatable bonds is 8. The highest BCUT2D eigenvalue weighted by molar-refractivity contribution is 8.00. The fraction of sp³-hybridized carbons (Fsp3) is 0.208. The molecule has 0 bridgehead atoms. The molecule has 0 saturated carbocycles. The summed E-state index contributed by atoms with van der Waals surface area (Å²) in [6, 6.07) is 19.0. The van der Waals surface area contributed by atoms with E-state index in [2.05, 4.69) is 10.0 Å². The van der Waals surface area contributed by atoms with E-state index < -0.39 is 10.0 Å². The Hall–Kier alpha value is -2.48. The molecule has 168 valence electrons. The van der Waals surface area contributed by atoms with Crippen LogP contribution in [0.2, 0.25) is 5.02 Å². The van der Waals surface area contributed by atoms with Crippen molar-refractivity contribution >= 4 is 50.7 Å². The maximum absolute atomic E-state index is 12.7. The SMILES string of the molecule is CC[C@H](Sc1ccc(Cl)cc1)C(=O)Nc1ccc(S(=O)(=O)Nc2ccc(C)cc2C)cc1. The molecule has 0 fully saturated rings. The molecule has 3 aromatic rings. The van der Waals surface area contributed by atoms with E-state index in [4.69, 9.17) is 11.6 Å². The van der Waals surface area contributed by atoms with Crippen molar-refractivity contribution in [2.24, 2.45) is 0 Å². The van der Waals surface area contributed by atoms with Gasteiger partial charge in [-0.2, -0.15) is 0 Å². The molecule has 0 aliphatic carbocycles. The minimum atomic E-state index is -3.74. The molecule has 3 aromatic carbocycles. The second-order valence-electron chi connectivity index (χ2n) is 7.41. The highest BCUT2D eigenvalue weighted by Crippen LogP contribution is 2.28. The Labute approximate surface area is 198 Å². The molecule has 0 heterocycles. The van der Waals surface area contributed by atoms with Crippen LogP contribution in [0.3, 0.4) is 0 Å². The lowest BCUT2D eigenvalue weighted by atomic mass is 10.1. The fourth-order valence-electron chi connectivity index (χ4n) is 3.07. The molecular formula is C24H25ClN2O3S2. The van der Waals surface area contributed by atoms with Crippen LogP contribution in [-0.2, 0) is 14.8 Å². The van der Waals surface area contributed by atoms with Gasteiger partial charge in [-0.3, -0.25) is 9.52 Å². The first kappa shape index (κ1) is 24.2. The quantitative estimate of drug-likeness (QED) is 0.366. The maximum Gasteiger partial charge on any atom is 0.261 e. The topological polar surface area (TPSA) is 75.3 Å². The van der Waals surface area contributed by atoms with Gasteiger partial charge in [0.05, 0.1) is 15.8 Å². The van der Waals surface area contributed by atoms with Gasteiger partial charge in [0, 0.05) is 15.6 Å². The average Bonchev–Trinajstić information content (AvgIpc) is 2.75. The second-order valence-corrected chi connectivity index (χ2v) is 10.8. The summed E-state index contributed by atoms with van der Waals surface area (Å²) in [5, 5.41) is 3.23. The Morgan fingerprint density at radius 2 is 1.66 bits per heavy atom. The zero-order valence-electron chi connectivity index (χ0n) is 18.1. The van der Waals surface area contributed by atoms with E-state index in [1.165, 1.54) is 23.9 Å². The number of benzene rings is 3. The highest BCUT2D eigenvalue weighted by atomic mass is 35.5. The minimum absolute atomic E-state index is 0.123. The lowest BCUT2D eigenvalue weighted by molar-refractivity contribution is -0.115. The van der Waals surface area contributed by atoms with Crippen LogP contribution in [-0.4, -0.2) is 19.6 Å². The number of carbonyl (C=O) groups excluding carboxylic acids is 1. The van der Waals surface area contributed by atoms with Gasteiger partial charge in [-0.05, 0) is 80.4 Å². The van der Waals surface area contributed by atoms with Crippen molar-refractivity contribution in [1.82, 2.24) is 0 Å². The molecule has 0 aliphatic heterocycles. The molecule has 32 heavy (non-hydrogen) atoms. The predicted molar refractivity (Wildman–Crippen MR) is 133 cm³/mol. The van der Waals surface area contributed by atoms with E-state index in [-0.39, 0.29) is 16.1 Å². The number of thioether (sulfide) groups is 1. The van der Waals surface area contributed by atoms with Crippen LogP contribution < -0.4 is 10.0 Å². The minimum Gasteiger partial charge on any atom is -0.325 e. The monoisotopic (exact) mass is 488 g/mol. The van der Waals surface area contributed by atoms with Crippen LogP contribution >= 0.6 is 23.4 Å². The number of sulfonamides is 1. The number of nitrogens with one attached hydrogen (secondary N) is 2. The summed E-state index contributed by atoms with van der Waals surface area (Å²) in [4.78, 5) is 13.8. The van der Waals surface area contributed by atoms with Gasteiger partial charge in [-0.1, -0.05) is 36.2 Å². The van der Waals surface area contributed by atoms with Crippen molar-refractivity contribution in [3.63, 3.8) is 0 Å². The Balaban J connectivity index is 1.67. The normalized spacial score (nSPS) is 12.2. The smallest absolute Gasteiger partial charge is 0.261 e. The van der Waals surface area contributed by atoms with Crippen LogP contribution in [0.15, 0.2) is 76.5 Å². The summed E-state index contributed by atoms with van der Waals surface area (Å²) in [6.07, 6.45) is 0.644. The first-order chi connectivity index (χ1) is 15.2. The summed E-state index contributed by atoms with van der Waals surface area (Å²) >= 11 is 7.38. The molecule has 1 amide bonds.